The summed E-state index contributed by atoms with van der Waals surface area (Å²) in [4.78, 5) is 11.6. The van der Waals surface area contributed by atoms with Crippen molar-refractivity contribution in [1.29, 1.82) is 0 Å². The van der Waals surface area contributed by atoms with Crippen LogP contribution >= 0.6 is 0 Å². The fourth-order valence-electron chi connectivity index (χ4n) is 3.04. The summed E-state index contributed by atoms with van der Waals surface area (Å²) in [7, 11) is 1.43. The van der Waals surface area contributed by atoms with E-state index in [0.29, 0.717) is 30.0 Å². The van der Waals surface area contributed by atoms with E-state index in [1.165, 1.54) is 19.2 Å². The second kappa shape index (κ2) is 5.33. The molecule has 0 radical (unpaired) electrons. The van der Waals surface area contributed by atoms with E-state index >= 15 is 0 Å². The molecule has 0 saturated heterocycles. The van der Waals surface area contributed by atoms with Gasteiger partial charge in [-0.1, -0.05) is 0 Å². The van der Waals surface area contributed by atoms with Gasteiger partial charge in [0.25, 0.3) is 5.91 Å². The Morgan fingerprint density at radius 3 is 2.74 bits per heavy atom. The van der Waals surface area contributed by atoms with Gasteiger partial charge in [0, 0.05) is 18.3 Å². The number of primary amides is 1. The number of methoxy groups -OCH3 is 1. The van der Waals surface area contributed by atoms with Crippen LogP contribution in [0.2, 0.25) is 0 Å². The Labute approximate surface area is 130 Å². The number of hydrogen-bond donors (Lipinski definition) is 1. The second-order valence-electron chi connectivity index (χ2n) is 5.50. The number of nitrogens with zero attached hydrogens (tertiary/aromatic N) is 1. The Kier molecular flexibility index (Phi) is 3.58. The van der Waals surface area contributed by atoms with Gasteiger partial charge in [0.15, 0.2) is 0 Å². The molecule has 0 bridgehead atoms. The predicted molar refractivity (Wildman–Crippen MR) is 78.4 cm³/mol. The second-order valence-corrected chi connectivity index (χ2v) is 5.50. The normalized spacial score (nSPS) is 13.4. The summed E-state index contributed by atoms with van der Waals surface area (Å²) < 4.78 is 45.3. The van der Waals surface area contributed by atoms with Crippen LogP contribution in [0.4, 0.5) is 13.2 Å². The highest BCUT2D eigenvalue weighted by Gasteiger charge is 2.32. The lowest BCUT2D eigenvalue weighted by molar-refractivity contribution is -0.127. The minimum absolute atomic E-state index is 0.166. The van der Waals surface area contributed by atoms with Gasteiger partial charge in [-0.05, 0) is 35.7 Å². The Balaban J connectivity index is 2.18. The quantitative estimate of drug-likeness (QED) is 0.944. The molecule has 0 saturated carbocycles. The summed E-state index contributed by atoms with van der Waals surface area (Å²) in [6.45, 7) is 0.583. The first-order valence-electron chi connectivity index (χ1n) is 7.06. The SMILES string of the molecule is COc1cc2c(cc1C(N)=O)-c1c(CC(F)(F)F)ccn1CC2. The molecule has 1 aliphatic heterocycles. The zero-order chi connectivity index (χ0) is 16.8. The number of carbonyl (C=O) groups excluding carboxylic acids is 1. The third-order valence-electron chi connectivity index (χ3n) is 4.01. The van der Waals surface area contributed by atoms with Crippen LogP contribution in [0.5, 0.6) is 5.75 Å². The van der Waals surface area contributed by atoms with Crippen molar-refractivity contribution in [2.24, 2.45) is 5.73 Å². The van der Waals surface area contributed by atoms with Gasteiger partial charge in [-0.3, -0.25) is 4.79 Å². The lowest BCUT2D eigenvalue weighted by Crippen LogP contribution is -2.17. The van der Waals surface area contributed by atoms with Crippen molar-refractivity contribution in [3.05, 3.63) is 41.1 Å². The van der Waals surface area contributed by atoms with E-state index in [2.05, 4.69) is 0 Å². The summed E-state index contributed by atoms with van der Waals surface area (Å²) in [5.74, 6) is -0.334. The number of carbonyl (C=O) groups is 1. The highest BCUT2D eigenvalue weighted by molar-refractivity contribution is 5.97. The maximum atomic E-state index is 12.8. The summed E-state index contributed by atoms with van der Waals surface area (Å²) in [6.07, 6.45) is -3.00. The van der Waals surface area contributed by atoms with Gasteiger partial charge >= 0.3 is 6.18 Å². The van der Waals surface area contributed by atoms with Crippen LogP contribution in [-0.4, -0.2) is 23.8 Å². The van der Waals surface area contributed by atoms with Crippen LogP contribution < -0.4 is 10.5 Å². The number of hydrogen-bond acceptors (Lipinski definition) is 2. The van der Waals surface area contributed by atoms with Crippen molar-refractivity contribution < 1.29 is 22.7 Å². The molecule has 3 rings (SSSR count). The molecular formula is C16H15F3N2O2. The Bertz CT molecular complexity index is 778. The van der Waals surface area contributed by atoms with Gasteiger partial charge in [-0.25, -0.2) is 0 Å². The summed E-state index contributed by atoms with van der Waals surface area (Å²) in [5.41, 5.74) is 7.66. The Hall–Kier alpha value is -2.44. The first kappa shape index (κ1) is 15.5. The molecule has 2 aromatic rings. The number of fused-ring (bicyclic) bond motifs is 3. The Morgan fingerprint density at radius 1 is 1.39 bits per heavy atom. The molecule has 7 heteroatoms. The van der Waals surface area contributed by atoms with Gasteiger partial charge in [0.2, 0.25) is 0 Å². The molecule has 122 valence electrons. The van der Waals surface area contributed by atoms with Gasteiger partial charge < -0.3 is 15.0 Å². The number of alkyl halides is 3. The number of ether oxygens (including phenoxy) is 1. The van der Waals surface area contributed by atoms with Crippen molar-refractivity contribution in [2.45, 2.75) is 25.6 Å². The zero-order valence-electron chi connectivity index (χ0n) is 12.4. The van der Waals surface area contributed by atoms with E-state index in [0.717, 1.165) is 5.56 Å². The minimum atomic E-state index is -4.29. The highest BCUT2D eigenvalue weighted by atomic mass is 19.4. The molecule has 4 nitrogen and oxygen atoms in total. The maximum Gasteiger partial charge on any atom is 0.393 e. The molecule has 1 amide bonds. The third-order valence-corrected chi connectivity index (χ3v) is 4.01. The number of nitrogens with two attached hydrogens (primary N) is 1. The lowest BCUT2D eigenvalue weighted by atomic mass is 9.92. The average molecular weight is 324 g/mol. The highest BCUT2D eigenvalue weighted by Crippen LogP contribution is 2.38. The molecule has 0 aliphatic carbocycles. The van der Waals surface area contributed by atoms with E-state index < -0.39 is 18.5 Å². The zero-order valence-corrected chi connectivity index (χ0v) is 12.4. The first-order chi connectivity index (χ1) is 10.8. The van der Waals surface area contributed by atoms with E-state index in [1.807, 2.05) is 0 Å². The molecule has 1 aliphatic rings. The van der Waals surface area contributed by atoms with E-state index in [9.17, 15) is 18.0 Å². The maximum absolute atomic E-state index is 12.8. The molecule has 0 unspecified atom stereocenters. The van der Waals surface area contributed by atoms with Crippen LogP contribution in [0.25, 0.3) is 11.3 Å². The van der Waals surface area contributed by atoms with E-state index in [-0.39, 0.29) is 11.1 Å². The van der Waals surface area contributed by atoms with E-state index in [1.54, 1.807) is 16.8 Å². The van der Waals surface area contributed by atoms with Crippen molar-refractivity contribution in [2.75, 3.05) is 7.11 Å². The van der Waals surface area contributed by atoms with Crippen LogP contribution in [-0.2, 0) is 19.4 Å². The fraction of sp³-hybridized carbons (Fsp3) is 0.312. The number of aryl methyl sites for hydroxylation is 2. The first-order valence-corrected chi connectivity index (χ1v) is 7.06. The lowest BCUT2D eigenvalue weighted by Gasteiger charge is -2.23. The average Bonchev–Trinajstić information content (AvgIpc) is 2.87. The standard InChI is InChI=1S/C16H15F3N2O2/c1-23-13-6-9-2-4-21-5-3-10(8-16(17,18)19)14(21)11(9)7-12(13)15(20)22/h3,5-7H,2,4,8H2,1H3,(H2,20,22). The van der Waals surface area contributed by atoms with Crippen molar-refractivity contribution >= 4 is 5.91 Å². The summed E-state index contributed by atoms with van der Waals surface area (Å²) >= 11 is 0. The number of rotatable bonds is 3. The molecule has 2 heterocycles. The summed E-state index contributed by atoms with van der Waals surface area (Å²) in [5, 5.41) is 0. The molecule has 0 fully saturated rings. The molecule has 1 aromatic heterocycles. The Morgan fingerprint density at radius 2 is 2.13 bits per heavy atom. The number of benzene rings is 1. The molecule has 23 heavy (non-hydrogen) atoms. The minimum Gasteiger partial charge on any atom is -0.496 e. The van der Waals surface area contributed by atoms with Crippen LogP contribution in [0.1, 0.15) is 21.5 Å². The summed E-state index contributed by atoms with van der Waals surface area (Å²) in [6, 6.07) is 4.69. The molecule has 1 aromatic carbocycles. The number of amides is 1. The topological polar surface area (TPSA) is 57.2 Å². The molecule has 2 N–H and O–H groups in total. The van der Waals surface area contributed by atoms with Crippen LogP contribution in [0.3, 0.4) is 0 Å². The molecule has 0 spiro atoms. The van der Waals surface area contributed by atoms with Crippen LogP contribution in [0, 0.1) is 0 Å². The fourth-order valence-corrected chi connectivity index (χ4v) is 3.04. The van der Waals surface area contributed by atoms with Gasteiger partial charge in [-0.15, -0.1) is 0 Å². The number of aromatic nitrogens is 1. The number of halogens is 3. The molecular weight excluding hydrogens is 309 g/mol. The van der Waals surface area contributed by atoms with Crippen LogP contribution in [0.15, 0.2) is 24.4 Å². The molecule has 0 atom stereocenters. The van der Waals surface area contributed by atoms with Gasteiger partial charge in [0.05, 0.1) is 24.8 Å². The van der Waals surface area contributed by atoms with Crippen molar-refractivity contribution in [3.63, 3.8) is 0 Å². The van der Waals surface area contributed by atoms with Gasteiger partial charge in [-0.2, -0.15) is 13.2 Å². The largest absolute Gasteiger partial charge is 0.496 e. The third kappa shape index (κ3) is 2.78. The van der Waals surface area contributed by atoms with Gasteiger partial charge in [0.1, 0.15) is 5.75 Å². The predicted octanol–water partition coefficient (Wildman–Crippen LogP) is 2.92. The van der Waals surface area contributed by atoms with Crippen molar-refractivity contribution in [1.82, 2.24) is 4.57 Å². The van der Waals surface area contributed by atoms with E-state index in [4.69, 9.17) is 10.5 Å². The van der Waals surface area contributed by atoms with Crippen molar-refractivity contribution in [3.8, 4) is 17.0 Å². The monoisotopic (exact) mass is 324 g/mol. The smallest absolute Gasteiger partial charge is 0.393 e.